The smallest absolute Gasteiger partial charge is 0.311 e. The van der Waals surface area contributed by atoms with Crippen molar-refractivity contribution >= 4 is 11.8 Å². The number of methoxy groups -OCH3 is 1. The van der Waals surface area contributed by atoms with E-state index in [1.54, 1.807) is 26.1 Å². The number of esters is 1. The summed E-state index contributed by atoms with van der Waals surface area (Å²) in [5.74, 6) is -0.257. The molecule has 0 aliphatic heterocycles. The van der Waals surface area contributed by atoms with Gasteiger partial charge in [0, 0.05) is 12.6 Å². The lowest BCUT2D eigenvalue weighted by Crippen LogP contribution is -2.29. The molecule has 25 heavy (non-hydrogen) atoms. The third kappa shape index (κ3) is 4.89. The molecule has 0 atom stereocenters. The lowest BCUT2D eigenvalue weighted by molar-refractivity contribution is -0.150. The molecule has 0 bridgehead atoms. The van der Waals surface area contributed by atoms with E-state index in [9.17, 15) is 9.59 Å². The van der Waals surface area contributed by atoms with Crippen molar-refractivity contribution in [2.24, 2.45) is 5.41 Å². The van der Waals surface area contributed by atoms with Gasteiger partial charge in [-0.15, -0.1) is 0 Å². The van der Waals surface area contributed by atoms with Gasteiger partial charge in [-0.05, 0) is 38.0 Å². The summed E-state index contributed by atoms with van der Waals surface area (Å²) in [7, 11) is 1.31. The van der Waals surface area contributed by atoms with Crippen LogP contribution in [0.15, 0.2) is 42.6 Å². The Labute approximate surface area is 148 Å². The van der Waals surface area contributed by atoms with E-state index in [1.165, 1.54) is 7.11 Å². The lowest BCUT2D eigenvalue weighted by atomic mass is 9.86. The molecule has 1 aromatic heterocycles. The van der Waals surface area contributed by atoms with Crippen molar-refractivity contribution in [2.75, 3.05) is 7.11 Å². The van der Waals surface area contributed by atoms with Gasteiger partial charge >= 0.3 is 5.97 Å². The van der Waals surface area contributed by atoms with Gasteiger partial charge < -0.3 is 9.47 Å². The van der Waals surface area contributed by atoms with E-state index >= 15 is 0 Å². The summed E-state index contributed by atoms with van der Waals surface area (Å²) in [6.45, 7) is 5.58. The molecular weight excluding hydrogens is 318 g/mol. The van der Waals surface area contributed by atoms with Crippen LogP contribution in [-0.4, -0.2) is 23.8 Å². The van der Waals surface area contributed by atoms with Gasteiger partial charge in [-0.3, -0.25) is 9.59 Å². The Morgan fingerprint density at radius 1 is 1.16 bits per heavy atom. The molecule has 5 nitrogen and oxygen atoms in total. The Balaban J connectivity index is 2.20. The van der Waals surface area contributed by atoms with E-state index in [2.05, 4.69) is 4.98 Å². The topological polar surface area (TPSA) is 65.5 Å². The molecule has 0 aliphatic carbocycles. The molecule has 2 aromatic rings. The van der Waals surface area contributed by atoms with Crippen molar-refractivity contribution in [1.82, 2.24) is 4.98 Å². The second-order valence-electron chi connectivity index (χ2n) is 6.61. The number of pyridine rings is 1. The first-order valence-electron chi connectivity index (χ1n) is 8.08. The van der Waals surface area contributed by atoms with E-state index < -0.39 is 11.4 Å². The van der Waals surface area contributed by atoms with Crippen molar-refractivity contribution in [3.63, 3.8) is 0 Å². The maximum absolute atomic E-state index is 12.7. The highest BCUT2D eigenvalue weighted by molar-refractivity contribution is 5.99. The number of benzene rings is 1. The number of nitrogens with zero attached hydrogens (tertiary/aromatic N) is 1. The first-order valence-corrected chi connectivity index (χ1v) is 8.08. The summed E-state index contributed by atoms with van der Waals surface area (Å²) in [6, 6.07) is 11.5. The Kier molecular flexibility index (Phi) is 5.91. The number of Topliss-reactive ketones (excluding diaryl/α,β-unsaturated/α-hetero) is 1. The summed E-state index contributed by atoms with van der Waals surface area (Å²) < 4.78 is 10.6. The number of rotatable bonds is 7. The van der Waals surface area contributed by atoms with E-state index in [4.69, 9.17) is 9.47 Å². The Morgan fingerprint density at radius 2 is 1.84 bits per heavy atom. The average molecular weight is 341 g/mol. The SMILES string of the molecule is COC(=O)C(C)(C)CC(=O)c1ncc(C)cc1OCc1ccccc1. The van der Waals surface area contributed by atoms with E-state index in [0.717, 1.165) is 11.1 Å². The fourth-order valence-electron chi connectivity index (χ4n) is 2.43. The maximum Gasteiger partial charge on any atom is 0.311 e. The van der Waals surface area contributed by atoms with Crippen LogP contribution in [0, 0.1) is 12.3 Å². The number of hydrogen-bond acceptors (Lipinski definition) is 5. The Morgan fingerprint density at radius 3 is 2.48 bits per heavy atom. The molecule has 0 aliphatic rings. The van der Waals surface area contributed by atoms with Crippen molar-refractivity contribution in [1.29, 1.82) is 0 Å². The second kappa shape index (κ2) is 7.92. The monoisotopic (exact) mass is 341 g/mol. The highest BCUT2D eigenvalue weighted by atomic mass is 16.5. The number of carbonyl (C=O) groups excluding carboxylic acids is 2. The van der Waals surface area contributed by atoms with Gasteiger partial charge in [0.1, 0.15) is 18.1 Å². The van der Waals surface area contributed by atoms with E-state index in [1.807, 2.05) is 37.3 Å². The largest absolute Gasteiger partial charge is 0.486 e. The summed E-state index contributed by atoms with van der Waals surface area (Å²) in [4.78, 5) is 28.7. The second-order valence-corrected chi connectivity index (χ2v) is 6.61. The fourth-order valence-corrected chi connectivity index (χ4v) is 2.43. The number of hydrogen-bond donors (Lipinski definition) is 0. The normalized spacial score (nSPS) is 11.0. The zero-order chi connectivity index (χ0) is 18.4. The predicted octanol–water partition coefficient (Wildman–Crippen LogP) is 3.74. The molecule has 2 rings (SSSR count). The van der Waals surface area contributed by atoms with E-state index in [-0.39, 0.29) is 17.9 Å². The Bertz CT molecular complexity index is 754. The van der Waals surface area contributed by atoms with Gasteiger partial charge in [-0.25, -0.2) is 4.98 Å². The van der Waals surface area contributed by atoms with Crippen LogP contribution in [0.4, 0.5) is 0 Å². The lowest BCUT2D eigenvalue weighted by Gasteiger charge is -2.20. The number of ether oxygens (including phenoxy) is 2. The molecule has 1 heterocycles. The summed E-state index contributed by atoms with van der Waals surface area (Å²) in [6.07, 6.45) is 1.62. The third-order valence-corrected chi connectivity index (χ3v) is 3.83. The molecule has 0 radical (unpaired) electrons. The quantitative estimate of drug-likeness (QED) is 0.567. The van der Waals surface area contributed by atoms with Crippen LogP contribution >= 0.6 is 0 Å². The van der Waals surface area contributed by atoms with Crippen LogP contribution in [0.1, 0.15) is 41.9 Å². The molecule has 0 N–H and O–H groups in total. The van der Waals surface area contributed by atoms with Crippen LogP contribution in [0.2, 0.25) is 0 Å². The first-order chi connectivity index (χ1) is 11.8. The number of aromatic nitrogens is 1. The minimum absolute atomic E-state index is 0.00255. The number of ketones is 1. The third-order valence-electron chi connectivity index (χ3n) is 3.83. The van der Waals surface area contributed by atoms with Gasteiger partial charge in [0.05, 0.1) is 12.5 Å². The molecular formula is C20H23NO4. The summed E-state index contributed by atoms with van der Waals surface area (Å²) in [5, 5.41) is 0. The molecule has 0 saturated heterocycles. The molecule has 5 heteroatoms. The number of carbonyl (C=O) groups is 2. The Hall–Kier alpha value is -2.69. The minimum atomic E-state index is -0.922. The molecule has 1 aromatic carbocycles. The minimum Gasteiger partial charge on any atom is -0.486 e. The van der Waals surface area contributed by atoms with Gasteiger partial charge in [-0.2, -0.15) is 0 Å². The van der Waals surface area contributed by atoms with Crippen LogP contribution in [0.5, 0.6) is 5.75 Å². The fraction of sp³-hybridized carbons (Fsp3) is 0.350. The van der Waals surface area contributed by atoms with E-state index in [0.29, 0.717) is 12.4 Å². The molecule has 0 unspecified atom stereocenters. The molecule has 0 fully saturated rings. The molecule has 0 amide bonds. The molecule has 0 saturated carbocycles. The summed E-state index contributed by atoms with van der Waals surface area (Å²) in [5.41, 5.74) is 1.21. The highest BCUT2D eigenvalue weighted by Gasteiger charge is 2.33. The first kappa shape index (κ1) is 18.6. The van der Waals surface area contributed by atoms with Crippen LogP contribution in [0.3, 0.4) is 0 Å². The molecule has 0 spiro atoms. The van der Waals surface area contributed by atoms with Gasteiger partial charge in [0.25, 0.3) is 0 Å². The standard InChI is InChI=1S/C20H23NO4/c1-14-10-17(25-13-15-8-6-5-7-9-15)18(21-12-14)16(22)11-20(2,3)19(23)24-4/h5-10,12H,11,13H2,1-4H3. The highest BCUT2D eigenvalue weighted by Crippen LogP contribution is 2.28. The van der Waals surface area contributed by atoms with Gasteiger partial charge in [0.15, 0.2) is 5.78 Å². The zero-order valence-electron chi connectivity index (χ0n) is 15.0. The van der Waals surface area contributed by atoms with Crippen molar-refractivity contribution in [3.05, 3.63) is 59.4 Å². The van der Waals surface area contributed by atoms with Crippen molar-refractivity contribution in [2.45, 2.75) is 33.8 Å². The number of aryl methyl sites for hydroxylation is 1. The van der Waals surface area contributed by atoms with Gasteiger partial charge in [-0.1, -0.05) is 30.3 Å². The van der Waals surface area contributed by atoms with Crippen LogP contribution in [-0.2, 0) is 16.1 Å². The average Bonchev–Trinajstić information content (AvgIpc) is 2.59. The maximum atomic E-state index is 12.7. The zero-order valence-corrected chi connectivity index (χ0v) is 15.0. The predicted molar refractivity (Wildman–Crippen MR) is 94.5 cm³/mol. The summed E-state index contributed by atoms with van der Waals surface area (Å²) >= 11 is 0. The van der Waals surface area contributed by atoms with Crippen LogP contribution in [0.25, 0.3) is 0 Å². The van der Waals surface area contributed by atoms with Crippen molar-refractivity contribution < 1.29 is 19.1 Å². The van der Waals surface area contributed by atoms with Gasteiger partial charge in [0.2, 0.25) is 0 Å². The van der Waals surface area contributed by atoms with Crippen molar-refractivity contribution in [3.8, 4) is 5.75 Å². The van der Waals surface area contributed by atoms with Crippen LogP contribution < -0.4 is 4.74 Å². The molecule has 132 valence electrons.